The number of ether oxygens (including phenoxy) is 3. The smallest absolute Gasteiger partial charge is 0.305 e. The molecule has 2 rings (SSSR count). The van der Waals surface area contributed by atoms with Gasteiger partial charge in [-0.15, -0.1) is 0 Å². The van der Waals surface area contributed by atoms with Gasteiger partial charge in [0.1, 0.15) is 12.4 Å². The number of hydrogen-bond donors (Lipinski definition) is 2. The van der Waals surface area contributed by atoms with Crippen molar-refractivity contribution >= 4 is 11.9 Å². The summed E-state index contributed by atoms with van der Waals surface area (Å²) >= 11 is 0. The number of methoxy groups -OCH3 is 3. The number of carboxylic acids is 1. The van der Waals surface area contributed by atoms with Gasteiger partial charge in [0.15, 0.2) is 17.3 Å². The van der Waals surface area contributed by atoms with Gasteiger partial charge in [-0.3, -0.25) is 9.59 Å². The number of carbonyl (C=O) groups excluding carboxylic acids is 1. The first-order chi connectivity index (χ1) is 12.5. The quantitative estimate of drug-likeness (QED) is 0.704. The first-order valence-corrected chi connectivity index (χ1v) is 7.80. The third-order valence-corrected chi connectivity index (χ3v) is 3.67. The summed E-state index contributed by atoms with van der Waals surface area (Å²) in [5.74, 6) is -0.0497. The van der Waals surface area contributed by atoms with Crippen molar-refractivity contribution in [1.82, 2.24) is 5.32 Å². The number of aliphatic carboxylic acids is 1. The van der Waals surface area contributed by atoms with Gasteiger partial charge in [-0.05, 0) is 29.8 Å². The van der Waals surface area contributed by atoms with E-state index in [9.17, 15) is 14.7 Å². The molecule has 1 unspecified atom stereocenters. The van der Waals surface area contributed by atoms with E-state index in [4.69, 9.17) is 18.6 Å². The van der Waals surface area contributed by atoms with E-state index in [1.54, 1.807) is 24.3 Å². The zero-order valence-electron chi connectivity index (χ0n) is 14.8. The summed E-state index contributed by atoms with van der Waals surface area (Å²) in [4.78, 5) is 23.6. The maximum Gasteiger partial charge on any atom is 0.305 e. The molecule has 0 aliphatic rings. The third-order valence-electron chi connectivity index (χ3n) is 3.67. The summed E-state index contributed by atoms with van der Waals surface area (Å²) in [5, 5.41) is 11.9. The topological polar surface area (TPSA) is 107 Å². The highest BCUT2D eigenvalue weighted by molar-refractivity contribution is 5.92. The first-order valence-electron chi connectivity index (χ1n) is 7.80. The van der Waals surface area contributed by atoms with Crippen LogP contribution < -0.4 is 14.8 Å². The summed E-state index contributed by atoms with van der Waals surface area (Å²) in [6.45, 7) is 0.238. The molecule has 0 fully saturated rings. The van der Waals surface area contributed by atoms with Crippen LogP contribution >= 0.6 is 0 Å². The number of amides is 1. The lowest BCUT2D eigenvalue weighted by Gasteiger charge is -2.18. The second kappa shape index (κ2) is 8.91. The van der Waals surface area contributed by atoms with Crippen LogP contribution in [0.5, 0.6) is 11.5 Å². The lowest BCUT2D eigenvalue weighted by Crippen LogP contribution is -2.30. The van der Waals surface area contributed by atoms with Crippen molar-refractivity contribution in [2.24, 2.45) is 0 Å². The minimum absolute atomic E-state index is 0.0768. The molecule has 0 aliphatic carbocycles. The third kappa shape index (κ3) is 4.76. The van der Waals surface area contributed by atoms with Crippen LogP contribution in [-0.4, -0.2) is 38.3 Å². The Bertz CT molecular complexity index is 769. The van der Waals surface area contributed by atoms with Crippen LogP contribution in [0.4, 0.5) is 0 Å². The van der Waals surface area contributed by atoms with Gasteiger partial charge in [0.05, 0.1) is 26.7 Å². The summed E-state index contributed by atoms with van der Waals surface area (Å²) in [6, 6.07) is 7.32. The summed E-state index contributed by atoms with van der Waals surface area (Å²) in [7, 11) is 4.50. The van der Waals surface area contributed by atoms with Gasteiger partial charge >= 0.3 is 5.97 Å². The second-order valence-corrected chi connectivity index (χ2v) is 5.44. The van der Waals surface area contributed by atoms with Gasteiger partial charge in [0.2, 0.25) is 0 Å². The summed E-state index contributed by atoms with van der Waals surface area (Å²) < 4.78 is 20.7. The molecule has 8 heteroatoms. The molecular formula is C18H21NO7. The number of carbonyl (C=O) groups is 2. The van der Waals surface area contributed by atoms with Crippen LogP contribution in [0.3, 0.4) is 0 Å². The molecule has 2 N–H and O–H groups in total. The largest absolute Gasteiger partial charge is 0.493 e. The van der Waals surface area contributed by atoms with Gasteiger partial charge in [-0.25, -0.2) is 0 Å². The fraction of sp³-hybridized carbons (Fsp3) is 0.333. The van der Waals surface area contributed by atoms with Crippen molar-refractivity contribution in [3.63, 3.8) is 0 Å². The Kier molecular flexibility index (Phi) is 6.62. The molecule has 0 aliphatic heterocycles. The molecular weight excluding hydrogens is 342 g/mol. The molecule has 2 aromatic rings. The Balaban J connectivity index is 2.23. The van der Waals surface area contributed by atoms with Gasteiger partial charge in [-0.1, -0.05) is 6.07 Å². The van der Waals surface area contributed by atoms with E-state index >= 15 is 0 Å². The molecule has 0 radical (unpaired) electrons. The van der Waals surface area contributed by atoms with Crippen molar-refractivity contribution in [2.75, 3.05) is 21.3 Å². The highest BCUT2D eigenvalue weighted by Gasteiger charge is 2.22. The van der Waals surface area contributed by atoms with E-state index in [0.717, 1.165) is 0 Å². The van der Waals surface area contributed by atoms with Gasteiger partial charge in [0, 0.05) is 7.11 Å². The van der Waals surface area contributed by atoms with Crippen LogP contribution in [0.1, 0.15) is 34.3 Å². The Hall–Kier alpha value is -3.00. The van der Waals surface area contributed by atoms with Gasteiger partial charge in [0.25, 0.3) is 5.91 Å². The molecule has 26 heavy (non-hydrogen) atoms. The van der Waals surface area contributed by atoms with Crippen LogP contribution in [0.25, 0.3) is 0 Å². The number of hydrogen-bond acceptors (Lipinski definition) is 6. The average Bonchev–Trinajstić information content (AvgIpc) is 3.09. The summed E-state index contributed by atoms with van der Waals surface area (Å²) in [5.41, 5.74) is 0.571. The Morgan fingerprint density at radius 1 is 1.12 bits per heavy atom. The Morgan fingerprint density at radius 2 is 1.85 bits per heavy atom. The first kappa shape index (κ1) is 19.3. The fourth-order valence-corrected chi connectivity index (χ4v) is 2.45. The fourth-order valence-electron chi connectivity index (χ4n) is 2.45. The Labute approximate surface area is 150 Å². The predicted molar refractivity (Wildman–Crippen MR) is 91.4 cm³/mol. The molecule has 0 saturated heterocycles. The van der Waals surface area contributed by atoms with E-state index in [0.29, 0.717) is 22.8 Å². The van der Waals surface area contributed by atoms with Crippen LogP contribution in [-0.2, 0) is 16.1 Å². The molecule has 1 heterocycles. The van der Waals surface area contributed by atoms with E-state index in [1.165, 1.54) is 27.4 Å². The van der Waals surface area contributed by atoms with Gasteiger partial charge in [-0.2, -0.15) is 0 Å². The molecule has 0 saturated carbocycles. The van der Waals surface area contributed by atoms with E-state index in [-0.39, 0.29) is 18.8 Å². The SMILES string of the molecule is COCc1ccc(C(=O)NC(CC(=O)O)c2ccc(OC)c(OC)c2)o1. The zero-order valence-corrected chi connectivity index (χ0v) is 14.8. The van der Waals surface area contributed by atoms with Crippen molar-refractivity contribution in [2.45, 2.75) is 19.1 Å². The van der Waals surface area contributed by atoms with E-state index in [2.05, 4.69) is 5.32 Å². The van der Waals surface area contributed by atoms with Crippen molar-refractivity contribution in [3.8, 4) is 11.5 Å². The molecule has 8 nitrogen and oxygen atoms in total. The molecule has 1 atom stereocenters. The predicted octanol–water partition coefficient (Wildman–Crippen LogP) is 2.39. The van der Waals surface area contributed by atoms with E-state index < -0.39 is 17.9 Å². The maximum absolute atomic E-state index is 12.4. The van der Waals surface area contributed by atoms with Crippen LogP contribution in [0.2, 0.25) is 0 Å². The molecule has 1 aromatic heterocycles. The molecule has 0 bridgehead atoms. The normalized spacial score (nSPS) is 11.7. The summed E-state index contributed by atoms with van der Waals surface area (Å²) in [6.07, 6.45) is -0.299. The standard InChI is InChI=1S/C18H21NO7/c1-23-10-12-5-7-15(26-12)18(22)19-13(9-17(20)21)11-4-6-14(24-2)16(8-11)25-3/h4-8,13H,9-10H2,1-3H3,(H,19,22)(H,20,21). The van der Waals surface area contributed by atoms with Crippen molar-refractivity contribution in [3.05, 3.63) is 47.4 Å². The maximum atomic E-state index is 12.4. The zero-order chi connectivity index (χ0) is 19.1. The highest BCUT2D eigenvalue weighted by atomic mass is 16.5. The lowest BCUT2D eigenvalue weighted by molar-refractivity contribution is -0.137. The average molecular weight is 363 g/mol. The lowest BCUT2D eigenvalue weighted by atomic mass is 10.0. The monoisotopic (exact) mass is 363 g/mol. The minimum Gasteiger partial charge on any atom is -0.493 e. The number of carboxylic acid groups (broad SMARTS) is 1. The number of nitrogens with one attached hydrogen (secondary N) is 1. The molecule has 140 valence electrons. The number of benzene rings is 1. The molecule has 1 amide bonds. The Morgan fingerprint density at radius 3 is 2.46 bits per heavy atom. The highest BCUT2D eigenvalue weighted by Crippen LogP contribution is 2.31. The van der Waals surface area contributed by atoms with Crippen LogP contribution in [0, 0.1) is 0 Å². The number of furan rings is 1. The second-order valence-electron chi connectivity index (χ2n) is 5.44. The van der Waals surface area contributed by atoms with Crippen molar-refractivity contribution in [1.29, 1.82) is 0 Å². The number of rotatable bonds is 9. The molecule has 0 spiro atoms. The van der Waals surface area contributed by atoms with E-state index in [1.807, 2.05) is 0 Å². The van der Waals surface area contributed by atoms with Gasteiger partial charge < -0.3 is 29.1 Å². The minimum atomic E-state index is -1.05. The van der Waals surface area contributed by atoms with Crippen LogP contribution in [0.15, 0.2) is 34.7 Å². The molecule has 1 aromatic carbocycles. The van der Waals surface area contributed by atoms with Crippen molar-refractivity contribution < 1.29 is 33.3 Å².